The highest BCUT2D eigenvalue weighted by molar-refractivity contribution is 6.31. The van der Waals surface area contributed by atoms with Gasteiger partial charge in [0.05, 0.1) is 5.56 Å². The van der Waals surface area contributed by atoms with Crippen LogP contribution >= 0.6 is 11.6 Å². The van der Waals surface area contributed by atoms with Gasteiger partial charge in [-0.25, -0.2) is 4.39 Å². The number of benzene rings is 2. The van der Waals surface area contributed by atoms with Gasteiger partial charge in [-0.3, -0.25) is 14.5 Å². The minimum Gasteiger partial charge on any atom is -0.483 e. The second-order valence-corrected chi connectivity index (χ2v) is 6.91. The average Bonchev–Trinajstić information content (AvgIpc) is 2.69. The Morgan fingerprint density at radius 1 is 1.07 bits per heavy atom. The smallest absolute Gasteiger partial charge is 0.260 e. The standard InChI is InChI=1S/C20H21ClFN3O3/c21-16-5-3-6-17(22)15(16)12-24-8-10-25(11-9-24)19(26)13-28-18-7-2-1-4-14(18)20(23)27/h1-7H,8-13H2,(H2,23,27). The maximum absolute atomic E-state index is 13.9. The van der Waals surface area contributed by atoms with Gasteiger partial charge in [-0.2, -0.15) is 0 Å². The molecule has 1 aliphatic rings. The van der Waals surface area contributed by atoms with Gasteiger partial charge in [-0.1, -0.05) is 29.8 Å². The first kappa shape index (κ1) is 20.1. The first-order valence-electron chi connectivity index (χ1n) is 8.90. The van der Waals surface area contributed by atoms with E-state index in [2.05, 4.69) is 4.90 Å². The third-order valence-corrected chi connectivity index (χ3v) is 5.03. The Bertz CT molecular complexity index is 849. The van der Waals surface area contributed by atoms with Crippen molar-refractivity contribution in [2.24, 2.45) is 5.73 Å². The Kier molecular flexibility index (Phi) is 6.49. The Morgan fingerprint density at radius 2 is 1.79 bits per heavy atom. The second-order valence-electron chi connectivity index (χ2n) is 6.51. The molecule has 2 aromatic rings. The fourth-order valence-electron chi connectivity index (χ4n) is 3.09. The number of hydrogen-bond acceptors (Lipinski definition) is 4. The number of carbonyl (C=O) groups is 2. The van der Waals surface area contributed by atoms with Gasteiger partial charge in [0, 0.05) is 43.3 Å². The largest absolute Gasteiger partial charge is 0.483 e. The molecule has 0 atom stereocenters. The molecule has 6 nitrogen and oxygen atoms in total. The third kappa shape index (κ3) is 4.79. The molecule has 1 fully saturated rings. The molecule has 0 spiro atoms. The highest BCUT2D eigenvalue weighted by Crippen LogP contribution is 2.21. The zero-order valence-corrected chi connectivity index (χ0v) is 16.0. The maximum atomic E-state index is 13.9. The number of para-hydroxylation sites is 1. The van der Waals surface area contributed by atoms with Crippen molar-refractivity contribution in [2.75, 3.05) is 32.8 Å². The van der Waals surface area contributed by atoms with Crippen molar-refractivity contribution in [3.63, 3.8) is 0 Å². The van der Waals surface area contributed by atoms with Crippen LogP contribution < -0.4 is 10.5 Å². The molecule has 2 aromatic carbocycles. The van der Waals surface area contributed by atoms with E-state index in [0.29, 0.717) is 43.3 Å². The predicted octanol–water partition coefficient (Wildman–Crippen LogP) is 2.30. The number of hydrogen-bond donors (Lipinski definition) is 1. The van der Waals surface area contributed by atoms with Crippen molar-refractivity contribution in [1.82, 2.24) is 9.80 Å². The van der Waals surface area contributed by atoms with Gasteiger partial charge >= 0.3 is 0 Å². The lowest BCUT2D eigenvalue weighted by Gasteiger charge is -2.34. The number of nitrogens with two attached hydrogens (primary N) is 1. The molecule has 0 aromatic heterocycles. The third-order valence-electron chi connectivity index (χ3n) is 4.67. The summed E-state index contributed by atoms with van der Waals surface area (Å²) in [7, 11) is 0. The van der Waals surface area contributed by atoms with Crippen LogP contribution in [-0.4, -0.2) is 54.4 Å². The zero-order chi connectivity index (χ0) is 20.1. The maximum Gasteiger partial charge on any atom is 0.260 e. The quantitative estimate of drug-likeness (QED) is 0.800. The minimum absolute atomic E-state index is 0.177. The van der Waals surface area contributed by atoms with Crippen LogP contribution in [0.2, 0.25) is 5.02 Å². The summed E-state index contributed by atoms with van der Waals surface area (Å²) in [6.07, 6.45) is 0. The van der Waals surface area contributed by atoms with E-state index < -0.39 is 5.91 Å². The van der Waals surface area contributed by atoms with Gasteiger partial charge in [-0.15, -0.1) is 0 Å². The normalized spacial score (nSPS) is 14.7. The molecular formula is C20H21ClFN3O3. The predicted molar refractivity (Wildman–Crippen MR) is 104 cm³/mol. The summed E-state index contributed by atoms with van der Waals surface area (Å²) in [4.78, 5) is 27.6. The van der Waals surface area contributed by atoms with Crippen molar-refractivity contribution in [3.05, 3.63) is 64.4 Å². The first-order chi connectivity index (χ1) is 13.5. The molecule has 2 amide bonds. The lowest BCUT2D eigenvalue weighted by atomic mass is 10.2. The van der Waals surface area contributed by atoms with E-state index in [1.54, 1.807) is 41.3 Å². The van der Waals surface area contributed by atoms with Gasteiger partial charge in [0.15, 0.2) is 6.61 Å². The molecule has 1 aliphatic heterocycles. The van der Waals surface area contributed by atoms with Crippen molar-refractivity contribution in [2.45, 2.75) is 6.54 Å². The van der Waals surface area contributed by atoms with Crippen LogP contribution in [0.3, 0.4) is 0 Å². The molecule has 8 heteroatoms. The van der Waals surface area contributed by atoms with Crippen molar-refractivity contribution < 1.29 is 18.7 Å². The van der Waals surface area contributed by atoms with Crippen LogP contribution in [0.1, 0.15) is 15.9 Å². The summed E-state index contributed by atoms with van der Waals surface area (Å²) in [5.41, 5.74) is 6.01. The van der Waals surface area contributed by atoms with Crippen LogP contribution in [0, 0.1) is 5.82 Å². The molecule has 0 bridgehead atoms. The Balaban J connectivity index is 1.51. The van der Waals surface area contributed by atoms with E-state index in [9.17, 15) is 14.0 Å². The molecule has 2 N–H and O–H groups in total. The number of rotatable bonds is 6. The highest BCUT2D eigenvalue weighted by Gasteiger charge is 2.23. The van der Waals surface area contributed by atoms with E-state index in [1.165, 1.54) is 6.07 Å². The zero-order valence-electron chi connectivity index (χ0n) is 15.2. The van der Waals surface area contributed by atoms with Crippen LogP contribution in [0.25, 0.3) is 0 Å². The molecular weight excluding hydrogens is 385 g/mol. The molecule has 0 saturated carbocycles. The molecule has 0 unspecified atom stereocenters. The van der Waals surface area contributed by atoms with Crippen LogP contribution in [0.4, 0.5) is 4.39 Å². The Morgan fingerprint density at radius 3 is 2.46 bits per heavy atom. The summed E-state index contributed by atoms with van der Waals surface area (Å²) < 4.78 is 19.4. The van der Waals surface area contributed by atoms with Gasteiger partial charge in [0.1, 0.15) is 11.6 Å². The fraction of sp³-hybridized carbons (Fsp3) is 0.300. The van der Waals surface area contributed by atoms with E-state index in [0.717, 1.165) is 0 Å². The average molecular weight is 406 g/mol. The molecule has 148 valence electrons. The minimum atomic E-state index is -0.608. The van der Waals surface area contributed by atoms with Gasteiger partial charge in [0.2, 0.25) is 0 Å². The monoisotopic (exact) mass is 405 g/mol. The summed E-state index contributed by atoms with van der Waals surface area (Å²) in [5, 5.41) is 0.403. The summed E-state index contributed by atoms with van der Waals surface area (Å²) in [6.45, 7) is 2.44. The Labute approximate surface area is 167 Å². The van der Waals surface area contributed by atoms with E-state index in [-0.39, 0.29) is 29.6 Å². The van der Waals surface area contributed by atoms with Crippen molar-refractivity contribution in [1.29, 1.82) is 0 Å². The van der Waals surface area contributed by atoms with Gasteiger partial charge in [-0.05, 0) is 24.3 Å². The van der Waals surface area contributed by atoms with E-state index in [4.69, 9.17) is 22.1 Å². The number of carbonyl (C=O) groups excluding carboxylic acids is 2. The molecule has 0 aliphatic carbocycles. The number of primary amides is 1. The number of piperazine rings is 1. The van der Waals surface area contributed by atoms with Crippen molar-refractivity contribution in [3.8, 4) is 5.75 Å². The summed E-state index contributed by atoms with van der Waals surface area (Å²) in [5.74, 6) is -0.824. The second kappa shape index (κ2) is 9.03. The first-order valence-corrected chi connectivity index (χ1v) is 9.28. The van der Waals surface area contributed by atoms with E-state index >= 15 is 0 Å². The number of halogens is 2. The lowest BCUT2D eigenvalue weighted by molar-refractivity contribution is -0.135. The highest BCUT2D eigenvalue weighted by atomic mass is 35.5. The summed E-state index contributed by atoms with van der Waals surface area (Å²) >= 11 is 6.08. The fourth-order valence-corrected chi connectivity index (χ4v) is 3.31. The van der Waals surface area contributed by atoms with Crippen molar-refractivity contribution >= 4 is 23.4 Å². The number of ether oxygens (including phenoxy) is 1. The van der Waals surface area contributed by atoms with Crippen LogP contribution in [0.15, 0.2) is 42.5 Å². The van der Waals surface area contributed by atoms with E-state index in [1.807, 2.05) is 0 Å². The molecule has 0 radical (unpaired) electrons. The Hall–Kier alpha value is -2.64. The SMILES string of the molecule is NC(=O)c1ccccc1OCC(=O)N1CCN(Cc2c(F)cccc2Cl)CC1. The molecule has 28 heavy (non-hydrogen) atoms. The lowest BCUT2D eigenvalue weighted by Crippen LogP contribution is -2.49. The van der Waals surface area contributed by atoms with Gasteiger partial charge < -0.3 is 15.4 Å². The summed E-state index contributed by atoms with van der Waals surface area (Å²) in [6, 6.07) is 11.2. The van der Waals surface area contributed by atoms with Crippen LogP contribution in [0.5, 0.6) is 5.75 Å². The molecule has 1 heterocycles. The number of nitrogens with zero attached hydrogens (tertiary/aromatic N) is 2. The topological polar surface area (TPSA) is 75.9 Å². The number of amides is 2. The molecule has 1 saturated heterocycles. The van der Waals surface area contributed by atoms with Crippen LogP contribution in [-0.2, 0) is 11.3 Å². The van der Waals surface area contributed by atoms with Gasteiger partial charge in [0.25, 0.3) is 11.8 Å². The molecule has 3 rings (SSSR count).